The second-order valence-electron chi connectivity index (χ2n) is 8.89. The molecule has 3 aromatic rings. The number of aliphatic hydroxyl groups is 2. The Morgan fingerprint density at radius 1 is 1.06 bits per heavy atom. The van der Waals surface area contributed by atoms with E-state index in [1.807, 2.05) is 30.3 Å². The van der Waals surface area contributed by atoms with E-state index in [0.29, 0.717) is 31.0 Å². The smallest absolute Gasteiger partial charge is 0.328 e. The van der Waals surface area contributed by atoms with Gasteiger partial charge in [0.2, 0.25) is 0 Å². The van der Waals surface area contributed by atoms with Crippen molar-refractivity contribution in [3.8, 4) is 5.75 Å². The molecule has 0 saturated heterocycles. The molecule has 0 bridgehead atoms. The lowest BCUT2D eigenvalue weighted by atomic mass is 10.0. The lowest BCUT2D eigenvalue weighted by Gasteiger charge is -2.28. The summed E-state index contributed by atoms with van der Waals surface area (Å²) in [7, 11) is 0. The zero-order valence-corrected chi connectivity index (χ0v) is 19.7. The average molecular weight is 495 g/mol. The number of amides is 1. The quantitative estimate of drug-likeness (QED) is 0.338. The molecular formula is C26H30N4O6. The molecule has 0 spiro atoms. The first kappa shape index (κ1) is 25.4. The molecule has 5 N–H and O–H groups in total. The fraction of sp³-hybridized carbons (Fsp3) is 0.346. The number of aromatic amines is 1. The van der Waals surface area contributed by atoms with Gasteiger partial charge in [-0.1, -0.05) is 30.3 Å². The third-order valence-corrected chi connectivity index (χ3v) is 6.43. The molecule has 4 atom stereocenters. The summed E-state index contributed by atoms with van der Waals surface area (Å²) in [6, 6.07) is 16.7. The Kier molecular flexibility index (Phi) is 7.99. The Morgan fingerprint density at radius 3 is 2.44 bits per heavy atom. The van der Waals surface area contributed by atoms with Crippen LogP contribution < -0.4 is 21.7 Å². The van der Waals surface area contributed by atoms with E-state index in [-0.39, 0.29) is 18.9 Å². The van der Waals surface area contributed by atoms with Crippen LogP contribution in [0, 0.1) is 5.92 Å². The van der Waals surface area contributed by atoms with Gasteiger partial charge < -0.3 is 25.6 Å². The van der Waals surface area contributed by atoms with Crippen LogP contribution in [0.4, 0.5) is 0 Å². The first-order chi connectivity index (χ1) is 17.4. The number of H-pyrrole nitrogens is 1. The van der Waals surface area contributed by atoms with Crippen molar-refractivity contribution in [2.24, 2.45) is 11.7 Å². The van der Waals surface area contributed by atoms with Crippen LogP contribution in [-0.2, 0) is 6.54 Å². The number of rotatable bonds is 9. The number of ether oxygens (including phenoxy) is 1. The topological polar surface area (TPSA) is 151 Å². The van der Waals surface area contributed by atoms with Gasteiger partial charge in [0, 0.05) is 43.4 Å². The minimum atomic E-state index is -1.23. The maximum absolute atomic E-state index is 13.5. The monoisotopic (exact) mass is 494 g/mol. The summed E-state index contributed by atoms with van der Waals surface area (Å²) in [5, 5.41) is 21.5. The fourth-order valence-corrected chi connectivity index (χ4v) is 4.60. The lowest BCUT2D eigenvalue weighted by molar-refractivity contribution is -0.000550. The maximum atomic E-state index is 13.5. The Bertz CT molecular complexity index is 1270. The number of hydrogen-bond donors (Lipinski definition) is 4. The number of carbonyl (C=O) groups excluding carboxylic acids is 1. The third-order valence-electron chi connectivity index (χ3n) is 6.43. The Hall–Kier alpha value is -3.73. The molecule has 1 aromatic heterocycles. The minimum absolute atomic E-state index is 0.159. The van der Waals surface area contributed by atoms with E-state index < -0.39 is 35.4 Å². The molecule has 1 fully saturated rings. The first-order valence-electron chi connectivity index (χ1n) is 11.8. The number of nitrogens with two attached hydrogens (primary N) is 1. The molecule has 10 nitrogen and oxygen atoms in total. The van der Waals surface area contributed by atoms with Gasteiger partial charge in [0.25, 0.3) is 11.5 Å². The first-order valence-corrected chi connectivity index (χ1v) is 11.8. The summed E-state index contributed by atoms with van der Waals surface area (Å²) in [6.45, 7) is 1.21. The van der Waals surface area contributed by atoms with Crippen LogP contribution in [0.1, 0.15) is 28.4 Å². The largest absolute Gasteiger partial charge is 0.492 e. The van der Waals surface area contributed by atoms with Crippen LogP contribution >= 0.6 is 0 Å². The highest BCUT2D eigenvalue weighted by atomic mass is 16.5. The van der Waals surface area contributed by atoms with Crippen LogP contribution in [0.5, 0.6) is 5.75 Å². The highest BCUT2D eigenvalue weighted by Crippen LogP contribution is 2.35. The normalized spacial score (nSPS) is 21.3. The molecule has 1 amide bonds. The molecular weight excluding hydrogens is 464 g/mol. The summed E-state index contributed by atoms with van der Waals surface area (Å²) < 4.78 is 6.71. The Labute approximate surface area is 207 Å². The Morgan fingerprint density at radius 2 is 1.78 bits per heavy atom. The Balaban J connectivity index is 1.56. The van der Waals surface area contributed by atoms with Crippen molar-refractivity contribution in [1.82, 2.24) is 14.5 Å². The van der Waals surface area contributed by atoms with Gasteiger partial charge in [0.1, 0.15) is 18.5 Å². The predicted molar refractivity (Wildman–Crippen MR) is 133 cm³/mol. The maximum Gasteiger partial charge on any atom is 0.328 e. The van der Waals surface area contributed by atoms with E-state index in [0.717, 1.165) is 5.56 Å². The SMILES string of the molecule is NCCOc1ccc(C(=O)N(Cc2ccccc2)C[C@@H]2C[C@@H](n3ccc(=O)[nH]c3=O)[C@@H](O)[C@@H]2O)cc1. The molecule has 10 heteroatoms. The van der Waals surface area contributed by atoms with E-state index >= 15 is 0 Å². The van der Waals surface area contributed by atoms with E-state index in [4.69, 9.17) is 10.5 Å². The molecule has 36 heavy (non-hydrogen) atoms. The predicted octanol–water partition coefficient (Wildman–Crippen LogP) is 0.500. The molecule has 1 heterocycles. The highest BCUT2D eigenvalue weighted by Gasteiger charge is 2.43. The zero-order valence-electron chi connectivity index (χ0n) is 19.7. The highest BCUT2D eigenvalue weighted by molar-refractivity contribution is 5.94. The molecule has 0 aliphatic heterocycles. The number of nitrogens with one attached hydrogen (secondary N) is 1. The average Bonchev–Trinajstić information content (AvgIpc) is 3.16. The van der Waals surface area contributed by atoms with Gasteiger partial charge in [0.05, 0.1) is 12.1 Å². The van der Waals surface area contributed by atoms with E-state index in [1.165, 1.54) is 16.8 Å². The van der Waals surface area contributed by atoms with Gasteiger partial charge >= 0.3 is 5.69 Å². The number of aliphatic hydroxyl groups excluding tert-OH is 2. The summed E-state index contributed by atoms with van der Waals surface area (Å²) in [5.41, 5.74) is 5.63. The van der Waals surface area contributed by atoms with Crippen LogP contribution in [0.3, 0.4) is 0 Å². The standard InChI is InChI=1S/C26H30N4O6/c27-11-13-36-20-8-6-18(7-9-20)25(34)29(15-17-4-2-1-3-5-17)16-19-14-21(24(33)23(19)32)30-12-10-22(31)28-26(30)35/h1-10,12,19,21,23-24,32-33H,11,13-16,27H2,(H,28,31,35)/t19-,21+,23+,24+/m0/s1. The second kappa shape index (κ2) is 11.3. The second-order valence-corrected chi connectivity index (χ2v) is 8.89. The van der Waals surface area contributed by atoms with Gasteiger partial charge in [-0.2, -0.15) is 0 Å². The summed E-state index contributed by atoms with van der Waals surface area (Å²) in [4.78, 5) is 41.0. The van der Waals surface area contributed by atoms with E-state index in [2.05, 4.69) is 4.98 Å². The molecule has 0 unspecified atom stereocenters. The van der Waals surface area contributed by atoms with Crippen molar-refractivity contribution in [3.05, 3.63) is 98.8 Å². The van der Waals surface area contributed by atoms with Crippen molar-refractivity contribution < 1.29 is 19.7 Å². The van der Waals surface area contributed by atoms with Gasteiger partial charge in [-0.15, -0.1) is 0 Å². The van der Waals surface area contributed by atoms with Crippen molar-refractivity contribution in [3.63, 3.8) is 0 Å². The summed E-state index contributed by atoms with van der Waals surface area (Å²) in [5.74, 6) is -0.130. The molecule has 1 aliphatic carbocycles. The zero-order chi connectivity index (χ0) is 25.7. The van der Waals surface area contributed by atoms with Crippen molar-refractivity contribution in [2.45, 2.75) is 31.2 Å². The van der Waals surface area contributed by atoms with E-state index in [1.54, 1.807) is 29.2 Å². The van der Waals surface area contributed by atoms with Crippen molar-refractivity contribution in [1.29, 1.82) is 0 Å². The van der Waals surface area contributed by atoms with Gasteiger partial charge in [-0.05, 0) is 36.2 Å². The molecule has 1 saturated carbocycles. The van der Waals surface area contributed by atoms with E-state index in [9.17, 15) is 24.6 Å². The van der Waals surface area contributed by atoms with Gasteiger partial charge in [0.15, 0.2) is 0 Å². The van der Waals surface area contributed by atoms with Crippen LogP contribution in [0.2, 0.25) is 0 Å². The third kappa shape index (κ3) is 5.73. The molecule has 2 aromatic carbocycles. The lowest BCUT2D eigenvalue weighted by Crippen LogP contribution is -2.39. The number of nitrogens with zero attached hydrogens (tertiary/aromatic N) is 2. The van der Waals surface area contributed by atoms with Crippen molar-refractivity contribution >= 4 is 5.91 Å². The fourth-order valence-electron chi connectivity index (χ4n) is 4.60. The van der Waals surface area contributed by atoms with Crippen LogP contribution in [-0.4, -0.2) is 62.5 Å². The van der Waals surface area contributed by atoms with Crippen LogP contribution in [0.25, 0.3) is 0 Å². The van der Waals surface area contributed by atoms with Gasteiger partial charge in [-0.3, -0.25) is 19.1 Å². The number of hydrogen-bond acceptors (Lipinski definition) is 7. The minimum Gasteiger partial charge on any atom is -0.492 e. The number of aromatic nitrogens is 2. The van der Waals surface area contributed by atoms with Crippen molar-refractivity contribution in [2.75, 3.05) is 19.7 Å². The van der Waals surface area contributed by atoms with Gasteiger partial charge in [-0.25, -0.2) is 4.79 Å². The number of benzene rings is 2. The molecule has 0 radical (unpaired) electrons. The molecule has 190 valence electrons. The molecule has 1 aliphatic rings. The summed E-state index contributed by atoms with van der Waals surface area (Å²) >= 11 is 0. The van der Waals surface area contributed by atoms with Crippen LogP contribution in [0.15, 0.2) is 76.4 Å². The molecule has 4 rings (SSSR count). The summed E-state index contributed by atoms with van der Waals surface area (Å²) in [6.07, 6.45) is -0.831. The number of carbonyl (C=O) groups is 1.